The molecule has 154 valence electrons. The van der Waals surface area contributed by atoms with Crippen LogP contribution in [0.15, 0.2) is 29.2 Å². The normalized spacial score (nSPS) is 19.6. The molecule has 5 nitrogen and oxygen atoms in total. The zero-order valence-electron chi connectivity index (χ0n) is 17.6. The van der Waals surface area contributed by atoms with Crippen LogP contribution >= 0.6 is 0 Å². The molecule has 1 saturated heterocycles. The van der Waals surface area contributed by atoms with E-state index in [9.17, 15) is 8.42 Å². The third-order valence-electron chi connectivity index (χ3n) is 5.76. The Kier molecular flexibility index (Phi) is 7.30. The van der Waals surface area contributed by atoms with Crippen LogP contribution in [-0.2, 0) is 19.2 Å². The lowest BCUT2D eigenvalue weighted by Crippen LogP contribution is -2.42. The summed E-state index contributed by atoms with van der Waals surface area (Å²) in [7, 11) is -5.23. The topological polar surface area (TPSA) is 55.8 Å². The molecule has 0 unspecified atom stereocenters. The molecule has 1 heterocycles. The van der Waals surface area contributed by atoms with E-state index in [1.54, 1.807) is 16.4 Å². The molecular weight excluding hydrogens is 378 g/mol. The highest BCUT2D eigenvalue weighted by Gasteiger charge is 2.37. The van der Waals surface area contributed by atoms with Crippen molar-refractivity contribution in [2.75, 3.05) is 26.4 Å². The van der Waals surface area contributed by atoms with Crippen LogP contribution < -0.4 is 0 Å². The second-order valence-electron chi connectivity index (χ2n) is 8.91. The fraction of sp³-hybridized carbons (Fsp3) is 0.700. The number of aryl methyl sites for hydroxylation is 1. The molecule has 1 fully saturated rings. The first kappa shape index (κ1) is 22.6. The molecule has 0 aliphatic carbocycles. The van der Waals surface area contributed by atoms with Crippen LogP contribution in [0.2, 0.25) is 18.1 Å². The van der Waals surface area contributed by atoms with E-state index in [4.69, 9.17) is 9.16 Å². The molecule has 1 aromatic carbocycles. The third-order valence-corrected chi connectivity index (χ3v) is 12.3. The summed E-state index contributed by atoms with van der Waals surface area (Å²) in [5, 5.41) is 0.178. The minimum absolute atomic E-state index is 0.0934. The third kappa shape index (κ3) is 5.64. The molecule has 0 amide bonds. The average molecular weight is 414 g/mol. The maximum atomic E-state index is 12.9. The smallest absolute Gasteiger partial charge is 0.243 e. The van der Waals surface area contributed by atoms with Crippen molar-refractivity contribution in [1.82, 2.24) is 4.31 Å². The number of sulfonamides is 1. The van der Waals surface area contributed by atoms with E-state index in [2.05, 4.69) is 33.9 Å². The number of nitrogens with zero attached hydrogens (tertiary/aromatic N) is 1. The summed E-state index contributed by atoms with van der Waals surface area (Å²) in [5.74, 6) is 0. The first-order chi connectivity index (χ1) is 12.4. The van der Waals surface area contributed by atoms with Crippen molar-refractivity contribution in [1.29, 1.82) is 0 Å². The summed E-state index contributed by atoms with van der Waals surface area (Å²) in [4.78, 5) is 0.362. The zero-order chi connectivity index (χ0) is 20.3. The highest BCUT2D eigenvalue weighted by Crippen LogP contribution is 2.36. The maximum Gasteiger partial charge on any atom is 0.243 e. The van der Waals surface area contributed by atoms with Gasteiger partial charge in [0.25, 0.3) is 0 Å². The molecule has 0 radical (unpaired) electrons. The summed E-state index contributed by atoms with van der Waals surface area (Å²) in [6, 6.07) is 6.96. The number of ether oxygens (including phenoxy) is 1. The Morgan fingerprint density at radius 1 is 1.15 bits per heavy atom. The molecule has 7 heteroatoms. The second kappa shape index (κ2) is 8.74. The highest BCUT2D eigenvalue weighted by molar-refractivity contribution is 7.89. The summed E-state index contributed by atoms with van der Waals surface area (Å²) in [6.45, 7) is 15.1. The minimum atomic E-state index is -3.46. The molecular formula is C20H35NO4SSi. The monoisotopic (exact) mass is 413 g/mol. The molecule has 0 spiro atoms. The molecule has 0 aromatic heterocycles. The van der Waals surface area contributed by atoms with Gasteiger partial charge in [-0.2, -0.15) is 4.31 Å². The lowest BCUT2D eigenvalue weighted by molar-refractivity contribution is 0.0711. The van der Waals surface area contributed by atoms with Crippen LogP contribution in [0.4, 0.5) is 0 Å². The van der Waals surface area contributed by atoms with Crippen LogP contribution in [0.1, 0.15) is 39.2 Å². The average Bonchev–Trinajstić information content (AvgIpc) is 3.03. The number of hydrogen-bond acceptors (Lipinski definition) is 4. The Labute approximate surface area is 166 Å². The van der Waals surface area contributed by atoms with Crippen molar-refractivity contribution in [3.8, 4) is 0 Å². The molecule has 1 aromatic rings. The molecule has 1 aliphatic rings. The standard InChI is InChI=1S/C20H35NO4SSi/c1-17-9-11-19(12-10-17)26(22,23)21-13-7-8-18(21)16-24-14-15-25-27(5,6)20(2,3)4/h9-12,18H,7-8,13-16H2,1-6H3/t18-/m0/s1. The zero-order valence-corrected chi connectivity index (χ0v) is 19.4. The van der Waals surface area contributed by atoms with Crippen molar-refractivity contribution in [3.05, 3.63) is 29.8 Å². The molecule has 0 bridgehead atoms. The molecule has 1 atom stereocenters. The molecule has 0 saturated carbocycles. The van der Waals surface area contributed by atoms with Crippen LogP contribution in [0.3, 0.4) is 0 Å². The lowest BCUT2D eigenvalue weighted by atomic mass is 10.2. The van der Waals surface area contributed by atoms with Crippen molar-refractivity contribution in [2.24, 2.45) is 0 Å². The van der Waals surface area contributed by atoms with Gasteiger partial charge in [0, 0.05) is 12.6 Å². The van der Waals surface area contributed by atoms with Gasteiger partial charge < -0.3 is 9.16 Å². The maximum absolute atomic E-state index is 12.9. The molecule has 27 heavy (non-hydrogen) atoms. The van der Waals surface area contributed by atoms with Crippen molar-refractivity contribution in [3.63, 3.8) is 0 Å². The van der Waals surface area contributed by atoms with Gasteiger partial charge in [0.1, 0.15) is 0 Å². The van der Waals surface area contributed by atoms with Crippen molar-refractivity contribution < 1.29 is 17.6 Å². The Balaban J connectivity index is 1.87. The second-order valence-corrected chi connectivity index (χ2v) is 15.6. The SMILES string of the molecule is Cc1ccc(S(=O)(=O)N2CCC[C@H]2COCCO[Si](C)(C)C(C)(C)C)cc1. The Hall–Kier alpha value is -0.733. The van der Waals surface area contributed by atoms with E-state index in [-0.39, 0.29) is 11.1 Å². The van der Waals surface area contributed by atoms with Crippen molar-refractivity contribution in [2.45, 2.75) is 69.6 Å². The van der Waals surface area contributed by atoms with Crippen LogP contribution in [-0.4, -0.2) is 53.4 Å². The van der Waals surface area contributed by atoms with Gasteiger partial charge in [-0.3, -0.25) is 0 Å². The first-order valence-electron chi connectivity index (χ1n) is 9.75. The van der Waals surface area contributed by atoms with E-state index in [0.29, 0.717) is 31.3 Å². The van der Waals surface area contributed by atoms with E-state index in [0.717, 1.165) is 18.4 Å². The first-order valence-corrected chi connectivity index (χ1v) is 14.1. The summed E-state index contributed by atoms with van der Waals surface area (Å²) >= 11 is 0. The number of rotatable bonds is 8. The largest absolute Gasteiger partial charge is 0.414 e. The summed E-state index contributed by atoms with van der Waals surface area (Å²) in [6.07, 6.45) is 1.72. The van der Waals surface area contributed by atoms with Crippen LogP contribution in [0, 0.1) is 6.92 Å². The molecule has 0 N–H and O–H groups in total. The van der Waals surface area contributed by atoms with E-state index in [1.807, 2.05) is 19.1 Å². The van der Waals surface area contributed by atoms with Gasteiger partial charge in [0.05, 0.1) is 24.7 Å². The summed E-state index contributed by atoms with van der Waals surface area (Å²) in [5.41, 5.74) is 1.05. The molecule has 1 aliphatic heterocycles. The Morgan fingerprint density at radius 3 is 2.37 bits per heavy atom. The van der Waals surface area contributed by atoms with Gasteiger partial charge in [-0.15, -0.1) is 0 Å². The Bertz CT molecular complexity index is 710. The van der Waals surface area contributed by atoms with Gasteiger partial charge in [-0.1, -0.05) is 38.5 Å². The quantitative estimate of drug-likeness (QED) is 0.474. The Morgan fingerprint density at radius 2 is 1.78 bits per heavy atom. The van der Waals surface area contributed by atoms with Gasteiger partial charge >= 0.3 is 0 Å². The predicted octanol–water partition coefficient (Wildman–Crippen LogP) is 4.19. The van der Waals surface area contributed by atoms with E-state index < -0.39 is 18.3 Å². The predicted molar refractivity (Wildman–Crippen MR) is 112 cm³/mol. The summed E-state index contributed by atoms with van der Waals surface area (Å²) < 4.78 is 39.4. The van der Waals surface area contributed by atoms with Gasteiger partial charge in [0.15, 0.2) is 8.32 Å². The van der Waals surface area contributed by atoms with Gasteiger partial charge in [-0.05, 0) is 50.0 Å². The van der Waals surface area contributed by atoms with Crippen LogP contribution in [0.5, 0.6) is 0 Å². The number of hydrogen-bond donors (Lipinski definition) is 0. The lowest BCUT2D eigenvalue weighted by Gasteiger charge is -2.36. The fourth-order valence-corrected chi connectivity index (χ4v) is 5.64. The van der Waals surface area contributed by atoms with Gasteiger partial charge in [0.2, 0.25) is 10.0 Å². The molecule has 2 rings (SSSR count). The van der Waals surface area contributed by atoms with E-state index >= 15 is 0 Å². The van der Waals surface area contributed by atoms with Crippen molar-refractivity contribution >= 4 is 18.3 Å². The minimum Gasteiger partial charge on any atom is -0.414 e. The van der Waals surface area contributed by atoms with Gasteiger partial charge in [-0.25, -0.2) is 8.42 Å². The van der Waals surface area contributed by atoms with E-state index in [1.165, 1.54) is 0 Å². The number of benzene rings is 1. The van der Waals surface area contributed by atoms with Crippen LogP contribution in [0.25, 0.3) is 0 Å². The fourth-order valence-electron chi connectivity index (χ4n) is 2.93. The highest BCUT2D eigenvalue weighted by atomic mass is 32.2.